The number of rotatable bonds is 8. The standard InChI is InChI=1S/C25H27NO2/c1-20(2)23-13-15-24(16-14-23)28-19-25(27)26(17-21-9-5-3-6-10-21)18-22-11-7-4-8-12-22/h3-16,20H,17-19H2,1-2H3. The summed E-state index contributed by atoms with van der Waals surface area (Å²) in [6, 6.07) is 28.1. The highest BCUT2D eigenvalue weighted by Gasteiger charge is 2.15. The Labute approximate surface area is 167 Å². The van der Waals surface area contributed by atoms with Crippen molar-refractivity contribution in [3.05, 3.63) is 102 Å². The van der Waals surface area contributed by atoms with Gasteiger partial charge in [-0.2, -0.15) is 0 Å². The van der Waals surface area contributed by atoms with E-state index in [9.17, 15) is 4.79 Å². The maximum Gasteiger partial charge on any atom is 0.261 e. The van der Waals surface area contributed by atoms with Crippen molar-refractivity contribution >= 4 is 5.91 Å². The topological polar surface area (TPSA) is 29.5 Å². The molecule has 0 aliphatic heterocycles. The molecule has 0 aliphatic carbocycles. The Kier molecular flexibility index (Phi) is 6.85. The molecule has 0 saturated heterocycles. The number of amides is 1. The first-order valence-electron chi connectivity index (χ1n) is 9.70. The van der Waals surface area contributed by atoms with Gasteiger partial charge in [0.15, 0.2) is 6.61 Å². The van der Waals surface area contributed by atoms with E-state index < -0.39 is 0 Å². The van der Waals surface area contributed by atoms with Gasteiger partial charge in [-0.25, -0.2) is 0 Å². The summed E-state index contributed by atoms with van der Waals surface area (Å²) in [6.45, 7) is 5.46. The van der Waals surface area contributed by atoms with Gasteiger partial charge >= 0.3 is 0 Å². The van der Waals surface area contributed by atoms with E-state index in [1.165, 1.54) is 5.56 Å². The molecule has 28 heavy (non-hydrogen) atoms. The van der Waals surface area contributed by atoms with E-state index in [1.807, 2.05) is 77.7 Å². The molecule has 3 rings (SSSR count). The Morgan fingerprint density at radius 2 is 1.29 bits per heavy atom. The molecule has 0 heterocycles. The number of carbonyl (C=O) groups excluding carboxylic acids is 1. The SMILES string of the molecule is CC(C)c1ccc(OCC(=O)N(Cc2ccccc2)Cc2ccccc2)cc1. The monoisotopic (exact) mass is 373 g/mol. The van der Waals surface area contributed by atoms with Gasteiger partial charge in [0.1, 0.15) is 5.75 Å². The van der Waals surface area contributed by atoms with Crippen LogP contribution in [0.25, 0.3) is 0 Å². The third kappa shape index (κ3) is 5.71. The number of benzene rings is 3. The summed E-state index contributed by atoms with van der Waals surface area (Å²) in [5.41, 5.74) is 3.47. The lowest BCUT2D eigenvalue weighted by molar-refractivity contribution is -0.134. The average Bonchev–Trinajstić information content (AvgIpc) is 2.73. The first-order valence-corrected chi connectivity index (χ1v) is 9.70. The van der Waals surface area contributed by atoms with Crippen molar-refractivity contribution in [2.75, 3.05) is 6.61 Å². The van der Waals surface area contributed by atoms with Gasteiger partial charge in [0.2, 0.25) is 0 Å². The number of hydrogen-bond donors (Lipinski definition) is 0. The molecule has 0 N–H and O–H groups in total. The number of nitrogens with zero attached hydrogens (tertiary/aromatic N) is 1. The first-order chi connectivity index (χ1) is 13.6. The largest absolute Gasteiger partial charge is 0.484 e. The van der Waals surface area contributed by atoms with E-state index in [0.717, 1.165) is 16.9 Å². The second kappa shape index (κ2) is 9.75. The Bertz CT molecular complexity index is 817. The lowest BCUT2D eigenvalue weighted by Gasteiger charge is -2.23. The molecule has 144 valence electrons. The van der Waals surface area contributed by atoms with E-state index in [1.54, 1.807) is 0 Å². The van der Waals surface area contributed by atoms with Crippen molar-refractivity contribution in [3.63, 3.8) is 0 Å². The third-order valence-electron chi connectivity index (χ3n) is 4.69. The van der Waals surface area contributed by atoms with E-state index in [4.69, 9.17) is 4.74 Å². The fourth-order valence-electron chi connectivity index (χ4n) is 3.03. The van der Waals surface area contributed by atoms with Crippen LogP contribution in [0.4, 0.5) is 0 Å². The summed E-state index contributed by atoms with van der Waals surface area (Å²) in [6.07, 6.45) is 0. The van der Waals surface area contributed by atoms with Crippen molar-refractivity contribution < 1.29 is 9.53 Å². The van der Waals surface area contributed by atoms with Crippen LogP contribution in [0.1, 0.15) is 36.5 Å². The van der Waals surface area contributed by atoms with Crippen molar-refractivity contribution in [2.45, 2.75) is 32.9 Å². The summed E-state index contributed by atoms with van der Waals surface area (Å²) >= 11 is 0. The number of carbonyl (C=O) groups is 1. The smallest absolute Gasteiger partial charge is 0.261 e. The molecular formula is C25H27NO2. The summed E-state index contributed by atoms with van der Waals surface area (Å²) < 4.78 is 5.77. The second-order valence-electron chi connectivity index (χ2n) is 7.23. The van der Waals surface area contributed by atoms with Gasteiger partial charge in [-0.05, 0) is 34.7 Å². The molecule has 3 aromatic carbocycles. The molecule has 1 amide bonds. The van der Waals surface area contributed by atoms with Gasteiger partial charge in [0.05, 0.1) is 0 Å². The maximum absolute atomic E-state index is 12.9. The third-order valence-corrected chi connectivity index (χ3v) is 4.69. The molecule has 0 fully saturated rings. The summed E-state index contributed by atoms with van der Waals surface area (Å²) in [4.78, 5) is 14.7. The van der Waals surface area contributed by atoms with Gasteiger partial charge in [0.25, 0.3) is 5.91 Å². The Hall–Kier alpha value is -3.07. The van der Waals surface area contributed by atoms with E-state index >= 15 is 0 Å². The Morgan fingerprint density at radius 3 is 1.75 bits per heavy atom. The minimum absolute atomic E-state index is 0.0272. The zero-order valence-electron chi connectivity index (χ0n) is 16.5. The zero-order chi connectivity index (χ0) is 19.8. The van der Waals surface area contributed by atoms with Crippen molar-refractivity contribution in [3.8, 4) is 5.75 Å². The van der Waals surface area contributed by atoms with E-state index in [2.05, 4.69) is 26.0 Å². The van der Waals surface area contributed by atoms with Crippen molar-refractivity contribution in [1.82, 2.24) is 4.90 Å². The molecule has 0 spiro atoms. The predicted molar refractivity (Wildman–Crippen MR) is 113 cm³/mol. The molecular weight excluding hydrogens is 346 g/mol. The van der Waals surface area contributed by atoms with Crippen LogP contribution in [0.5, 0.6) is 5.75 Å². The lowest BCUT2D eigenvalue weighted by atomic mass is 10.0. The molecule has 3 nitrogen and oxygen atoms in total. The van der Waals surface area contributed by atoms with Crippen molar-refractivity contribution in [1.29, 1.82) is 0 Å². The second-order valence-corrected chi connectivity index (χ2v) is 7.23. The molecule has 0 unspecified atom stereocenters. The summed E-state index contributed by atoms with van der Waals surface area (Å²) in [5, 5.41) is 0. The van der Waals surface area contributed by atoms with Crippen LogP contribution < -0.4 is 4.74 Å². The normalized spacial score (nSPS) is 10.7. The average molecular weight is 373 g/mol. The fourth-order valence-corrected chi connectivity index (χ4v) is 3.03. The maximum atomic E-state index is 12.9. The van der Waals surface area contributed by atoms with Crippen LogP contribution in [0.15, 0.2) is 84.9 Å². The van der Waals surface area contributed by atoms with E-state index in [0.29, 0.717) is 19.0 Å². The fraction of sp³-hybridized carbons (Fsp3) is 0.240. The van der Waals surface area contributed by atoms with Gasteiger partial charge in [0, 0.05) is 13.1 Å². The van der Waals surface area contributed by atoms with Gasteiger partial charge in [-0.15, -0.1) is 0 Å². The van der Waals surface area contributed by atoms with Crippen LogP contribution in [0.2, 0.25) is 0 Å². The van der Waals surface area contributed by atoms with Crippen LogP contribution in [0.3, 0.4) is 0 Å². The molecule has 0 aliphatic rings. The molecule has 0 radical (unpaired) electrons. The minimum atomic E-state index is -0.0272. The minimum Gasteiger partial charge on any atom is -0.484 e. The molecule has 3 heteroatoms. The highest BCUT2D eigenvalue weighted by molar-refractivity contribution is 5.77. The molecule has 0 aromatic heterocycles. The van der Waals surface area contributed by atoms with Crippen LogP contribution in [0, 0.1) is 0 Å². The molecule has 3 aromatic rings. The van der Waals surface area contributed by atoms with E-state index in [-0.39, 0.29) is 12.5 Å². The Morgan fingerprint density at radius 1 is 0.786 bits per heavy atom. The number of ether oxygens (including phenoxy) is 1. The Balaban J connectivity index is 1.66. The van der Waals surface area contributed by atoms with Crippen LogP contribution >= 0.6 is 0 Å². The highest BCUT2D eigenvalue weighted by atomic mass is 16.5. The van der Waals surface area contributed by atoms with Crippen LogP contribution in [-0.4, -0.2) is 17.4 Å². The first kappa shape index (κ1) is 19.7. The van der Waals surface area contributed by atoms with Crippen molar-refractivity contribution in [2.24, 2.45) is 0 Å². The predicted octanol–water partition coefficient (Wildman–Crippen LogP) is 5.42. The summed E-state index contributed by atoms with van der Waals surface area (Å²) in [5.74, 6) is 1.17. The lowest BCUT2D eigenvalue weighted by Crippen LogP contribution is -2.34. The zero-order valence-corrected chi connectivity index (χ0v) is 16.5. The van der Waals surface area contributed by atoms with Crippen LogP contribution in [-0.2, 0) is 17.9 Å². The molecule has 0 atom stereocenters. The molecule has 0 bridgehead atoms. The molecule has 0 saturated carbocycles. The van der Waals surface area contributed by atoms with Gasteiger partial charge in [-0.1, -0.05) is 86.6 Å². The quantitative estimate of drug-likeness (QED) is 0.528. The highest BCUT2D eigenvalue weighted by Crippen LogP contribution is 2.19. The number of hydrogen-bond acceptors (Lipinski definition) is 2. The van der Waals surface area contributed by atoms with Gasteiger partial charge in [-0.3, -0.25) is 4.79 Å². The summed E-state index contributed by atoms with van der Waals surface area (Å²) in [7, 11) is 0. The van der Waals surface area contributed by atoms with Gasteiger partial charge < -0.3 is 9.64 Å².